The molecule has 0 aliphatic carbocycles. The highest BCUT2D eigenvalue weighted by Gasteiger charge is 2.19. The van der Waals surface area contributed by atoms with Crippen molar-refractivity contribution >= 4 is 75.1 Å². The van der Waals surface area contributed by atoms with E-state index in [9.17, 15) is 0 Å². The SMILES string of the molecule is [2H]c1c([2H])c([2H])c(-c2ccc3sc4cccc(-n5c6ccccc6c6ccc(-n7c8ccccc8c8c([2H])c([2H])c([2H])c([2H])c87)cc65)c4c3c2)c([2H])c1[2H]. The summed E-state index contributed by atoms with van der Waals surface area (Å²) in [6.45, 7) is 0. The number of fused-ring (bicyclic) bond motifs is 9. The Kier molecular flexibility index (Phi) is 3.69. The summed E-state index contributed by atoms with van der Waals surface area (Å²) in [4.78, 5) is 0. The van der Waals surface area contributed by atoms with E-state index in [0.717, 1.165) is 64.3 Å². The van der Waals surface area contributed by atoms with E-state index in [2.05, 4.69) is 41.0 Å². The van der Waals surface area contributed by atoms with Gasteiger partial charge in [0.15, 0.2) is 0 Å². The van der Waals surface area contributed by atoms with Crippen LogP contribution in [0, 0.1) is 0 Å². The second kappa shape index (κ2) is 9.43. The van der Waals surface area contributed by atoms with Gasteiger partial charge in [0.2, 0.25) is 0 Å². The lowest BCUT2D eigenvalue weighted by molar-refractivity contribution is 1.16. The Morgan fingerprint density at radius 2 is 1.18 bits per heavy atom. The molecule has 210 valence electrons. The first kappa shape index (κ1) is 17.6. The Morgan fingerprint density at radius 1 is 0.444 bits per heavy atom. The van der Waals surface area contributed by atoms with E-state index < -0.39 is 6.04 Å². The first-order valence-electron chi connectivity index (χ1n) is 19.1. The largest absolute Gasteiger partial charge is 0.309 e. The van der Waals surface area contributed by atoms with Crippen LogP contribution in [0.4, 0.5) is 0 Å². The van der Waals surface area contributed by atoms with Crippen molar-refractivity contribution in [3.63, 3.8) is 0 Å². The normalized spacial score (nSPS) is 14.8. The Bertz CT molecular complexity index is 3260. The number of hydrogen-bond donors (Lipinski definition) is 0. The highest BCUT2D eigenvalue weighted by molar-refractivity contribution is 7.25. The number of para-hydroxylation sites is 3. The zero-order valence-corrected chi connectivity index (χ0v) is 24.4. The molecule has 3 aromatic heterocycles. The fraction of sp³-hybridized carbons (Fsp3) is 0. The molecular formula is C42H26N2S. The maximum atomic E-state index is 9.00. The van der Waals surface area contributed by atoms with E-state index in [4.69, 9.17) is 12.3 Å². The number of benzene rings is 7. The van der Waals surface area contributed by atoms with Gasteiger partial charge in [-0.25, -0.2) is 0 Å². The van der Waals surface area contributed by atoms with Gasteiger partial charge in [-0.15, -0.1) is 11.3 Å². The van der Waals surface area contributed by atoms with E-state index in [1.54, 1.807) is 11.3 Å². The van der Waals surface area contributed by atoms with Crippen molar-refractivity contribution < 1.29 is 12.3 Å². The van der Waals surface area contributed by atoms with E-state index in [1.165, 1.54) is 0 Å². The van der Waals surface area contributed by atoms with Crippen molar-refractivity contribution in [3.05, 3.63) is 158 Å². The van der Waals surface area contributed by atoms with Crippen molar-refractivity contribution in [2.45, 2.75) is 0 Å². The fourth-order valence-corrected chi connectivity index (χ4v) is 7.95. The summed E-state index contributed by atoms with van der Waals surface area (Å²) in [6, 6.07) is 31.4. The summed E-state index contributed by atoms with van der Waals surface area (Å²) in [5.74, 6) is 0. The summed E-state index contributed by atoms with van der Waals surface area (Å²) in [7, 11) is 0. The quantitative estimate of drug-likeness (QED) is 0.191. The molecule has 10 rings (SSSR count). The van der Waals surface area contributed by atoms with Crippen LogP contribution in [0.15, 0.2) is 158 Å². The molecule has 3 heterocycles. The van der Waals surface area contributed by atoms with Gasteiger partial charge in [-0.2, -0.15) is 0 Å². The molecule has 0 N–H and O–H groups in total. The summed E-state index contributed by atoms with van der Waals surface area (Å²) >= 11 is 1.63. The van der Waals surface area contributed by atoms with Crippen LogP contribution >= 0.6 is 11.3 Å². The predicted octanol–water partition coefficient (Wildman–Crippen LogP) is 11.9. The molecule has 0 radical (unpaired) electrons. The van der Waals surface area contributed by atoms with Crippen molar-refractivity contribution in [2.75, 3.05) is 0 Å². The van der Waals surface area contributed by atoms with Gasteiger partial charge in [-0.1, -0.05) is 103 Å². The molecule has 0 aliphatic rings. The number of thiophene rings is 1. The van der Waals surface area contributed by atoms with Crippen LogP contribution in [-0.4, -0.2) is 9.13 Å². The molecule has 0 saturated carbocycles. The minimum atomic E-state index is -0.426. The molecule has 0 unspecified atom stereocenters. The topological polar surface area (TPSA) is 9.86 Å². The molecule has 2 nitrogen and oxygen atoms in total. The molecule has 45 heavy (non-hydrogen) atoms. The lowest BCUT2D eigenvalue weighted by Crippen LogP contribution is -1.97. The molecule has 0 aliphatic heterocycles. The minimum absolute atomic E-state index is 0.0739. The predicted molar refractivity (Wildman–Crippen MR) is 193 cm³/mol. The van der Waals surface area contributed by atoms with Crippen LogP contribution in [-0.2, 0) is 0 Å². The van der Waals surface area contributed by atoms with E-state index >= 15 is 0 Å². The van der Waals surface area contributed by atoms with Crippen LogP contribution in [0.3, 0.4) is 0 Å². The molecule has 0 fully saturated rings. The van der Waals surface area contributed by atoms with Crippen LogP contribution in [0.2, 0.25) is 0 Å². The zero-order chi connectivity index (χ0) is 37.3. The van der Waals surface area contributed by atoms with Gasteiger partial charge in [0, 0.05) is 47.4 Å². The highest BCUT2D eigenvalue weighted by atomic mass is 32.1. The average molecular weight is 600 g/mol. The third kappa shape index (κ3) is 3.56. The lowest BCUT2D eigenvalue weighted by atomic mass is 10.0. The van der Waals surface area contributed by atoms with Crippen LogP contribution in [0.5, 0.6) is 0 Å². The second-order valence-electron chi connectivity index (χ2n) is 11.1. The van der Waals surface area contributed by atoms with Gasteiger partial charge in [0.1, 0.15) is 0 Å². The summed E-state index contributed by atoms with van der Waals surface area (Å²) in [6.07, 6.45) is 0. The first-order valence-corrected chi connectivity index (χ1v) is 15.4. The third-order valence-electron chi connectivity index (χ3n) is 8.72. The maximum Gasteiger partial charge on any atom is 0.0645 e. The van der Waals surface area contributed by atoms with E-state index in [1.807, 2.05) is 71.3 Å². The molecule has 0 saturated heterocycles. The summed E-state index contributed by atoms with van der Waals surface area (Å²) in [5, 5.41) is 5.13. The van der Waals surface area contributed by atoms with Crippen molar-refractivity contribution in [1.82, 2.24) is 9.13 Å². The molecule has 0 bridgehead atoms. The minimum Gasteiger partial charge on any atom is -0.309 e. The monoisotopic (exact) mass is 599 g/mol. The fourth-order valence-electron chi connectivity index (χ4n) is 6.84. The van der Waals surface area contributed by atoms with Gasteiger partial charge < -0.3 is 9.13 Å². The van der Waals surface area contributed by atoms with Crippen LogP contribution in [0.25, 0.3) is 86.3 Å². The molecule has 3 heteroatoms. The van der Waals surface area contributed by atoms with Gasteiger partial charge in [-0.05, 0) is 65.7 Å². The van der Waals surface area contributed by atoms with Crippen molar-refractivity contribution in [3.8, 4) is 22.5 Å². The van der Waals surface area contributed by atoms with Crippen molar-refractivity contribution in [2.24, 2.45) is 0 Å². The van der Waals surface area contributed by atoms with Gasteiger partial charge >= 0.3 is 0 Å². The third-order valence-corrected chi connectivity index (χ3v) is 9.86. The molecule has 0 spiro atoms. The average Bonchev–Trinajstić information content (AvgIpc) is 3.85. The van der Waals surface area contributed by atoms with E-state index in [0.29, 0.717) is 16.5 Å². The van der Waals surface area contributed by atoms with Gasteiger partial charge in [0.05, 0.1) is 40.1 Å². The molecule has 0 atom stereocenters. The molecular weight excluding hydrogens is 565 g/mol. The summed E-state index contributed by atoms with van der Waals surface area (Å²) in [5.41, 5.74) is 5.40. The number of hydrogen-bond acceptors (Lipinski definition) is 1. The van der Waals surface area contributed by atoms with Gasteiger partial charge in [0.25, 0.3) is 0 Å². The Hall–Kier alpha value is -5.64. The number of aromatic nitrogens is 2. The Morgan fingerprint density at radius 3 is 2.04 bits per heavy atom. The Labute approximate surface area is 276 Å². The van der Waals surface area contributed by atoms with Crippen molar-refractivity contribution in [1.29, 1.82) is 0 Å². The standard InChI is InChI=1S/C42H26N2S/c1-2-11-27(12-3-1)28-21-24-40-34(25-28)42-38(19-10-20-41(42)45-40)44-37-18-9-6-15-32(37)33-23-22-29(26-39(33)44)43-35-16-7-4-13-30(35)31-14-5-8-17-36(31)43/h1-26H/i1D,2D,3D,4D,7D,11D,12D,13D,16D. The second-order valence-corrected chi connectivity index (χ2v) is 12.2. The zero-order valence-electron chi connectivity index (χ0n) is 32.6. The smallest absolute Gasteiger partial charge is 0.0645 e. The van der Waals surface area contributed by atoms with Gasteiger partial charge in [-0.3, -0.25) is 0 Å². The first-order chi connectivity index (χ1) is 26.1. The Balaban J connectivity index is 1.29. The van der Waals surface area contributed by atoms with Crippen LogP contribution in [0.1, 0.15) is 12.3 Å². The number of nitrogens with zero attached hydrogens (tertiary/aromatic N) is 2. The summed E-state index contributed by atoms with van der Waals surface area (Å²) < 4.78 is 82.9. The van der Waals surface area contributed by atoms with E-state index in [-0.39, 0.29) is 53.9 Å². The lowest BCUT2D eigenvalue weighted by Gasteiger charge is -2.13. The van der Waals surface area contributed by atoms with Crippen LogP contribution < -0.4 is 0 Å². The highest BCUT2D eigenvalue weighted by Crippen LogP contribution is 2.43. The maximum absolute atomic E-state index is 9.00. The molecule has 0 amide bonds. The molecule has 10 aromatic rings. The number of rotatable bonds is 3. The molecule has 7 aromatic carbocycles.